The van der Waals surface area contributed by atoms with Gasteiger partial charge in [0.2, 0.25) is 100 Å². The third-order valence-corrected chi connectivity index (χ3v) is 22.1. The molecule has 4 saturated heterocycles. The molecule has 4 rings (SSSR count). The minimum absolute atomic E-state index is 0.00599. The predicted octanol–water partition coefficient (Wildman–Crippen LogP) is -16.5. The molecule has 0 aromatic rings. The molecule has 4 fully saturated rings. The van der Waals surface area contributed by atoms with Crippen LogP contribution in [0.2, 0.25) is 0 Å². The zero-order valence-corrected chi connectivity index (χ0v) is 77.7. The number of aliphatic hydroxyl groups excluding tert-OH is 10. The Morgan fingerprint density at radius 1 is 0.331 bits per heavy atom. The fourth-order valence-electron chi connectivity index (χ4n) is 14.5. The van der Waals surface area contributed by atoms with Crippen LogP contribution in [0.25, 0.3) is 0 Å². The van der Waals surface area contributed by atoms with Crippen molar-refractivity contribution >= 4 is 118 Å². The fourth-order valence-corrected chi connectivity index (χ4v) is 14.5. The quantitative estimate of drug-likeness (QED) is 0.0251. The second kappa shape index (κ2) is 58.0. The summed E-state index contributed by atoms with van der Waals surface area (Å²) in [6.45, 7) is 6.84. The molecule has 0 saturated carbocycles. The van der Waals surface area contributed by atoms with E-state index in [1.807, 2.05) is 0 Å². The van der Waals surface area contributed by atoms with Gasteiger partial charge in [0, 0.05) is 53.6 Å². The highest BCUT2D eigenvalue weighted by molar-refractivity contribution is 5.97. The van der Waals surface area contributed by atoms with Gasteiger partial charge >= 0.3 is 17.9 Å². The number of aliphatic carboxylic acids is 3. The zero-order valence-electron chi connectivity index (χ0n) is 77.7. The first-order valence-electron chi connectivity index (χ1n) is 44.2. The molecule has 0 radical (unpaired) electrons. The molecule has 0 aromatic heterocycles. The lowest BCUT2D eigenvalue weighted by Gasteiger charge is -2.48. The van der Waals surface area contributed by atoms with Crippen LogP contribution >= 0.6 is 0 Å². The summed E-state index contributed by atoms with van der Waals surface area (Å²) in [5.41, 5.74) is 16.7. The van der Waals surface area contributed by atoms with Crippen molar-refractivity contribution < 1.29 is 200 Å². The van der Waals surface area contributed by atoms with Gasteiger partial charge in [-0.2, -0.15) is 0 Å². The molecule has 4 aliphatic heterocycles. The van der Waals surface area contributed by atoms with Gasteiger partial charge in [-0.05, 0) is 92.9 Å². The average molecular weight is 2000 g/mol. The Bertz CT molecular complexity index is 4220. The van der Waals surface area contributed by atoms with E-state index in [2.05, 4.69) is 79.8 Å². The van der Waals surface area contributed by atoms with E-state index in [1.54, 1.807) is 0 Å². The molecule has 32 atom stereocenters. The minimum atomic E-state index is -1.99. The SMILES string of the molecule is CC(=O)NC1C(OC2C(CO)OC(O)C(NC(C)=O)C2OC(C)C(=O)NC(C)C(=O)NC(CCC(=O)NC(CCCCNC(=O)CC(NC(=O)C(C)NC(=O)C(CCCCNC(=O)CC(N)C(=O)O)NC(=O)CCC(NC(=O)C(C)NC(=O)C(C)OC2C(NC(C)=O)C(O)OC(CO)C2OC2OC(CO)C(O)C(O)C2NC(C)=O)C(N)=O)C(=O)O)C(=O)NC(C)C(=O)O)C(N)=O)OC(CO)C(O)C1O. The van der Waals surface area contributed by atoms with Crippen molar-refractivity contribution in [3.8, 4) is 0 Å². The van der Waals surface area contributed by atoms with Crippen LogP contribution in [0.3, 0.4) is 0 Å². The monoisotopic (exact) mass is 2000 g/mol. The van der Waals surface area contributed by atoms with Crippen LogP contribution in [0.15, 0.2) is 0 Å². The summed E-state index contributed by atoms with van der Waals surface area (Å²) in [6.07, 6.45) is -35.9. The van der Waals surface area contributed by atoms with Crippen molar-refractivity contribution in [2.45, 2.75) is 341 Å². The molecule has 0 spiro atoms. The van der Waals surface area contributed by atoms with E-state index in [4.69, 9.17) is 60.2 Å². The first-order valence-corrected chi connectivity index (χ1v) is 44.2. The van der Waals surface area contributed by atoms with E-state index in [0.29, 0.717) is 0 Å². The van der Waals surface area contributed by atoms with Crippen molar-refractivity contribution in [1.82, 2.24) is 79.8 Å². The second-order valence-corrected chi connectivity index (χ2v) is 33.4. The normalized spacial score (nSPS) is 27.1. The molecular weight excluding hydrogens is 1870 g/mol. The van der Waals surface area contributed by atoms with Crippen LogP contribution < -0.4 is 97.0 Å². The zero-order chi connectivity index (χ0) is 105. The van der Waals surface area contributed by atoms with Crippen LogP contribution in [-0.4, -0.2) is 419 Å². The van der Waals surface area contributed by atoms with Crippen molar-refractivity contribution in [3.63, 3.8) is 0 Å². The van der Waals surface area contributed by atoms with Crippen molar-refractivity contribution in [3.05, 3.63) is 0 Å². The number of carboxylic acids is 3. The third kappa shape index (κ3) is 38.3. The summed E-state index contributed by atoms with van der Waals surface area (Å²) in [5.74, 6) is -21.6. The van der Waals surface area contributed by atoms with Crippen molar-refractivity contribution in [2.24, 2.45) is 17.2 Å². The molecule has 4 heterocycles. The highest BCUT2D eigenvalue weighted by atomic mass is 16.7. The number of carbonyl (C=O) groups excluding carboxylic acids is 17. The molecule has 59 nitrogen and oxygen atoms in total. The van der Waals surface area contributed by atoms with Crippen LogP contribution in [0.5, 0.6) is 0 Å². The van der Waals surface area contributed by atoms with Gasteiger partial charge in [0.25, 0.3) is 0 Å². The van der Waals surface area contributed by atoms with Crippen LogP contribution in [0.1, 0.15) is 146 Å². The Kier molecular flexibility index (Phi) is 50.1. The number of aliphatic hydroxyl groups is 10. The molecule has 17 amide bonds. The van der Waals surface area contributed by atoms with Crippen LogP contribution in [0.4, 0.5) is 0 Å². The number of unbranched alkanes of at least 4 members (excludes halogenated alkanes) is 2. The number of hydrogen-bond donors (Lipinski definition) is 31. The van der Waals surface area contributed by atoms with Gasteiger partial charge in [-0.15, -0.1) is 0 Å². The Balaban J connectivity index is 1.38. The molecule has 4 aliphatic rings. The van der Waals surface area contributed by atoms with Gasteiger partial charge in [0.05, 0.1) is 39.3 Å². The van der Waals surface area contributed by atoms with Gasteiger partial charge in [0.1, 0.15) is 170 Å². The number of amides is 17. The van der Waals surface area contributed by atoms with E-state index >= 15 is 0 Å². The maximum Gasteiger partial charge on any atom is 0.326 e. The van der Waals surface area contributed by atoms with Gasteiger partial charge in [-0.3, -0.25) is 91.1 Å². The topological polar surface area (TPSA) is 937 Å². The minimum Gasteiger partial charge on any atom is -0.480 e. The largest absolute Gasteiger partial charge is 0.480 e. The summed E-state index contributed by atoms with van der Waals surface area (Å²) in [4.78, 5) is 259. The maximum atomic E-state index is 14.0. The summed E-state index contributed by atoms with van der Waals surface area (Å²) >= 11 is 0. The predicted molar refractivity (Wildman–Crippen MR) is 461 cm³/mol. The van der Waals surface area contributed by atoms with E-state index in [-0.39, 0.29) is 51.6 Å². The summed E-state index contributed by atoms with van der Waals surface area (Å²) in [5, 5.41) is 170. The number of hydrogen-bond acceptors (Lipinski definition) is 39. The molecule has 0 bridgehead atoms. The van der Waals surface area contributed by atoms with E-state index in [0.717, 1.165) is 69.2 Å². The molecule has 32 unspecified atom stereocenters. The fraction of sp³-hybridized carbons (Fsp3) is 0.750. The number of rotatable bonds is 57. The van der Waals surface area contributed by atoms with Gasteiger partial charge in [-0.1, -0.05) is 0 Å². The van der Waals surface area contributed by atoms with Crippen LogP contribution in [0, 0.1) is 0 Å². The summed E-state index contributed by atoms with van der Waals surface area (Å²) < 4.78 is 46.6. The first kappa shape index (κ1) is 120. The van der Waals surface area contributed by atoms with Crippen molar-refractivity contribution in [1.29, 1.82) is 0 Å². The number of nitrogens with two attached hydrogens (primary N) is 3. The molecule has 0 aliphatic carbocycles. The van der Waals surface area contributed by atoms with E-state index in [1.165, 1.54) is 0 Å². The number of nitrogens with one attached hydrogen (secondary N) is 15. The Hall–Kier alpha value is -11.4. The molecule has 0 aromatic carbocycles. The number of carbonyl (C=O) groups is 20. The molecule has 34 N–H and O–H groups in total. The molecular formula is C80H132N18O41. The Morgan fingerprint density at radius 2 is 0.655 bits per heavy atom. The number of carboxylic acid groups (broad SMARTS) is 3. The summed E-state index contributed by atoms with van der Waals surface area (Å²) in [6, 6.07) is -22.7. The Morgan fingerprint density at radius 3 is 0.971 bits per heavy atom. The summed E-state index contributed by atoms with van der Waals surface area (Å²) in [7, 11) is 0. The lowest BCUT2D eigenvalue weighted by Crippen LogP contribution is -2.70. The van der Waals surface area contributed by atoms with Crippen molar-refractivity contribution in [2.75, 3.05) is 39.5 Å². The number of ether oxygens (including phenoxy) is 8. The number of primary amides is 2. The van der Waals surface area contributed by atoms with Gasteiger partial charge in [0.15, 0.2) is 25.2 Å². The molecule has 139 heavy (non-hydrogen) atoms. The van der Waals surface area contributed by atoms with Crippen LogP contribution in [-0.2, 0) is 134 Å². The highest BCUT2D eigenvalue weighted by Gasteiger charge is 2.56. The Labute approximate surface area is 793 Å². The van der Waals surface area contributed by atoms with E-state index in [9.17, 15) is 157 Å². The van der Waals surface area contributed by atoms with E-state index < -0.39 is 378 Å². The maximum absolute atomic E-state index is 14.0. The lowest BCUT2D eigenvalue weighted by molar-refractivity contribution is -0.333. The first-order chi connectivity index (χ1) is 65.1. The standard InChI is InChI=1S/C80H132N18O41/c1-29(86-70(120)33(5)132-63-55(92-37(9)105)77(130)134-47(27-101)61(63)138-79-53(90-35(7)103)59(113)57(111)45(25-99)136-79)67(117)96-40(65(82)115)17-19-49(107)94-42(15-11-13-21-84-51(109)23-39(81)75(126)127)72(122)88-31(3)69(119)98-44(76(128)129)24-52(110)85-22-14-12-16-43(73(123)89-32(4)74(124)125)95-50(108)20-18-41(66(83)116)97-68(118)30(2)87-71(121)34(6)133-64-56(93-38(10)106)78(131)135-48(28-102)62(64)139-80-54(91-36(8)104)60(114)58(112)46(26-100)137-80/h29-34,39-48,53-64,77-80,99-102,111-114,130-131H,11-28,81H2,1-10H3,(H2,82,115)(H2,83,116)(H,84,109)(H,85,110)(H,86,120)(H,87,121)(H,88,122)(H,89,123)(H,90,103)(H,91,104)(H,92,105)(H,93,106)(H,94,107)(H,95,108)(H,96,117)(H,97,118)(H,98,119)(H,124,125)(H,126,127)(H,128,129). The average Bonchev–Trinajstić information content (AvgIpc) is 0.775. The molecule has 788 valence electrons. The van der Waals surface area contributed by atoms with Gasteiger partial charge in [-0.25, -0.2) is 4.79 Å². The molecule has 59 heteroatoms. The highest BCUT2D eigenvalue weighted by Crippen LogP contribution is 2.34. The lowest BCUT2D eigenvalue weighted by atomic mass is 9.94. The van der Waals surface area contributed by atoms with Gasteiger partial charge < -0.3 is 201 Å². The smallest absolute Gasteiger partial charge is 0.326 e. The second-order valence-electron chi connectivity index (χ2n) is 33.4. The third-order valence-electron chi connectivity index (χ3n) is 22.1.